The molecule has 8 nitrogen and oxygen atoms in total. The van der Waals surface area contributed by atoms with E-state index < -0.39 is 17.0 Å². The van der Waals surface area contributed by atoms with E-state index in [-0.39, 0.29) is 22.2 Å². The number of halogens is 1. The third-order valence-electron chi connectivity index (χ3n) is 3.18. The van der Waals surface area contributed by atoms with Crippen molar-refractivity contribution < 1.29 is 18.9 Å². The van der Waals surface area contributed by atoms with Crippen molar-refractivity contribution in [2.45, 2.75) is 13.0 Å². The predicted octanol–water partition coefficient (Wildman–Crippen LogP) is 4.28. The summed E-state index contributed by atoms with van der Waals surface area (Å²) in [6.45, 7) is 1.55. The Morgan fingerprint density at radius 1 is 1.40 bits per heavy atom. The molecule has 0 spiro atoms. The molecule has 0 aliphatic heterocycles. The van der Waals surface area contributed by atoms with Gasteiger partial charge in [-0.2, -0.15) is 0 Å². The zero-order valence-corrected chi connectivity index (χ0v) is 14.3. The molecule has 1 aromatic carbocycles. The summed E-state index contributed by atoms with van der Waals surface area (Å²) in [6, 6.07) is 7.19. The second-order valence-electron chi connectivity index (χ2n) is 4.89. The number of non-ortho nitro benzene ring substituents is 1. The van der Waals surface area contributed by atoms with Crippen molar-refractivity contribution in [1.82, 2.24) is 10.2 Å². The minimum Gasteiger partial charge on any atom is -0.449 e. The molecule has 0 fully saturated rings. The van der Waals surface area contributed by atoms with Crippen LogP contribution in [0.3, 0.4) is 0 Å². The number of carbonyl (C=O) groups is 1. The number of ether oxygens (including phenoxy) is 1. The molecule has 0 N–H and O–H groups in total. The molecule has 0 saturated heterocycles. The van der Waals surface area contributed by atoms with Gasteiger partial charge in [-0.25, -0.2) is 4.79 Å². The van der Waals surface area contributed by atoms with Gasteiger partial charge in [0.1, 0.15) is 0 Å². The zero-order chi connectivity index (χ0) is 18.0. The first-order valence-corrected chi connectivity index (χ1v) is 8.23. The number of carbonyl (C=O) groups excluding carboxylic acids is 1. The van der Waals surface area contributed by atoms with E-state index in [0.717, 1.165) is 10.9 Å². The third-order valence-corrected chi connectivity index (χ3v) is 4.37. The molecule has 25 heavy (non-hydrogen) atoms. The highest BCUT2D eigenvalue weighted by Crippen LogP contribution is 2.28. The van der Waals surface area contributed by atoms with Gasteiger partial charge < -0.3 is 9.15 Å². The van der Waals surface area contributed by atoms with Crippen LogP contribution in [0.5, 0.6) is 0 Å². The number of aromatic nitrogens is 2. The molecule has 0 amide bonds. The SMILES string of the molecule is C[C@@H](OC(=O)c1cc([N+](=O)[O-])ccc1Cl)c1nnc(-c2cccs2)o1. The van der Waals surface area contributed by atoms with E-state index in [1.165, 1.54) is 23.5 Å². The summed E-state index contributed by atoms with van der Waals surface area (Å²) in [4.78, 5) is 23.2. The van der Waals surface area contributed by atoms with Crippen LogP contribution in [0.2, 0.25) is 5.02 Å². The van der Waals surface area contributed by atoms with E-state index in [1.807, 2.05) is 17.5 Å². The topological polar surface area (TPSA) is 108 Å². The van der Waals surface area contributed by atoms with E-state index in [9.17, 15) is 14.9 Å². The molecule has 3 aromatic rings. The van der Waals surface area contributed by atoms with Crippen LogP contribution in [0.4, 0.5) is 5.69 Å². The molecule has 1 atom stereocenters. The van der Waals surface area contributed by atoms with Crippen molar-refractivity contribution in [3.05, 3.63) is 62.3 Å². The molecule has 128 valence electrons. The highest BCUT2D eigenvalue weighted by Gasteiger charge is 2.23. The van der Waals surface area contributed by atoms with Crippen LogP contribution in [0.15, 0.2) is 40.1 Å². The van der Waals surface area contributed by atoms with Crippen LogP contribution >= 0.6 is 22.9 Å². The lowest BCUT2D eigenvalue weighted by molar-refractivity contribution is -0.384. The minimum atomic E-state index is -0.843. The number of esters is 1. The summed E-state index contributed by atoms with van der Waals surface area (Å²) in [6.07, 6.45) is -0.843. The molecule has 0 bridgehead atoms. The second kappa shape index (κ2) is 6.99. The van der Waals surface area contributed by atoms with Crippen molar-refractivity contribution in [2.75, 3.05) is 0 Å². The second-order valence-corrected chi connectivity index (χ2v) is 6.25. The Kier molecular flexibility index (Phi) is 4.77. The quantitative estimate of drug-likeness (QED) is 0.369. The number of hydrogen-bond acceptors (Lipinski definition) is 8. The Labute approximate surface area is 150 Å². The number of benzene rings is 1. The maximum absolute atomic E-state index is 12.2. The Morgan fingerprint density at radius 2 is 2.20 bits per heavy atom. The number of thiophene rings is 1. The average molecular weight is 380 g/mol. The van der Waals surface area contributed by atoms with Crippen molar-refractivity contribution >= 4 is 34.6 Å². The minimum absolute atomic E-state index is 0.0487. The van der Waals surface area contributed by atoms with Crippen molar-refractivity contribution in [1.29, 1.82) is 0 Å². The first kappa shape index (κ1) is 17.1. The van der Waals surface area contributed by atoms with Crippen molar-refractivity contribution in [3.63, 3.8) is 0 Å². The molecule has 0 unspecified atom stereocenters. The fraction of sp³-hybridized carbons (Fsp3) is 0.133. The molecule has 0 aliphatic carbocycles. The standard InChI is InChI=1S/C15H10ClN3O5S/c1-8(13-17-18-14(24-13)12-3-2-6-25-12)23-15(20)10-7-9(19(21)22)4-5-11(10)16/h2-8H,1H3/t8-/m1/s1. The summed E-state index contributed by atoms with van der Waals surface area (Å²) in [5.74, 6) is -0.392. The van der Waals surface area contributed by atoms with E-state index >= 15 is 0 Å². The van der Waals surface area contributed by atoms with Gasteiger partial charge in [-0.15, -0.1) is 21.5 Å². The molecule has 3 rings (SSSR count). The highest BCUT2D eigenvalue weighted by atomic mass is 35.5. The van der Waals surface area contributed by atoms with Gasteiger partial charge in [0.2, 0.25) is 0 Å². The van der Waals surface area contributed by atoms with Crippen molar-refractivity contribution in [2.24, 2.45) is 0 Å². The van der Waals surface area contributed by atoms with Gasteiger partial charge in [-0.3, -0.25) is 10.1 Å². The predicted molar refractivity (Wildman–Crippen MR) is 89.5 cm³/mol. The van der Waals surface area contributed by atoms with Crippen LogP contribution in [-0.4, -0.2) is 21.1 Å². The first-order chi connectivity index (χ1) is 12.0. The van der Waals surface area contributed by atoms with E-state index in [1.54, 1.807) is 6.92 Å². The van der Waals surface area contributed by atoms with E-state index in [0.29, 0.717) is 5.89 Å². The fourth-order valence-electron chi connectivity index (χ4n) is 1.96. The molecule has 0 radical (unpaired) electrons. The van der Waals surface area contributed by atoms with Crippen molar-refractivity contribution in [3.8, 4) is 10.8 Å². The van der Waals surface area contributed by atoms with E-state index in [4.69, 9.17) is 20.8 Å². The highest BCUT2D eigenvalue weighted by molar-refractivity contribution is 7.13. The van der Waals surface area contributed by atoms with Crippen LogP contribution in [0, 0.1) is 10.1 Å². The number of nitrogens with zero attached hydrogens (tertiary/aromatic N) is 3. The van der Waals surface area contributed by atoms with Gasteiger partial charge in [0, 0.05) is 12.1 Å². The lowest BCUT2D eigenvalue weighted by Crippen LogP contribution is -2.10. The Hall–Kier alpha value is -2.78. The lowest BCUT2D eigenvalue weighted by Gasteiger charge is -2.10. The van der Waals surface area contributed by atoms with E-state index in [2.05, 4.69) is 10.2 Å². The van der Waals surface area contributed by atoms with Crippen LogP contribution < -0.4 is 0 Å². The number of nitro groups is 1. The monoisotopic (exact) mass is 379 g/mol. The van der Waals surface area contributed by atoms with Crippen LogP contribution in [-0.2, 0) is 4.74 Å². The molecule has 2 aromatic heterocycles. The zero-order valence-electron chi connectivity index (χ0n) is 12.7. The van der Waals surface area contributed by atoms with Crippen LogP contribution in [0.25, 0.3) is 10.8 Å². The van der Waals surface area contributed by atoms with Crippen LogP contribution in [0.1, 0.15) is 29.3 Å². The van der Waals surface area contributed by atoms with Gasteiger partial charge in [0.25, 0.3) is 17.5 Å². The molecular weight excluding hydrogens is 370 g/mol. The Morgan fingerprint density at radius 3 is 2.88 bits per heavy atom. The largest absolute Gasteiger partial charge is 0.449 e. The normalized spacial score (nSPS) is 11.9. The number of nitro benzene ring substituents is 1. The molecule has 10 heteroatoms. The number of rotatable bonds is 5. The molecule has 2 heterocycles. The molecule has 0 aliphatic rings. The summed E-state index contributed by atoms with van der Waals surface area (Å²) in [7, 11) is 0. The third kappa shape index (κ3) is 3.67. The fourth-order valence-corrected chi connectivity index (χ4v) is 2.80. The van der Waals surface area contributed by atoms with Gasteiger partial charge in [0.15, 0.2) is 6.10 Å². The van der Waals surface area contributed by atoms with Gasteiger partial charge in [0.05, 0.1) is 20.4 Å². The van der Waals surface area contributed by atoms with Gasteiger partial charge in [-0.05, 0) is 24.4 Å². The summed E-state index contributed by atoms with van der Waals surface area (Å²) in [5.41, 5.74) is -0.373. The van der Waals surface area contributed by atoms with Gasteiger partial charge in [-0.1, -0.05) is 17.7 Å². The Balaban J connectivity index is 1.77. The summed E-state index contributed by atoms with van der Waals surface area (Å²) >= 11 is 7.36. The summed E-state index contributed by atoms with van der Waals surface area (Å²) < 4.78 is 10.7. The molecular formula is C15H10ClN3O5S. The lowest BCUT2D eigenvalue weighted by atomic mass is 10.2. The average Bonchev–Trinajstić information content (AvgIpc) is 3.26. The Bertz CT molecular complexity index is 925. The number of hydrogen-bond donors (Lipinski definition) is 0. The molecule has 0 saturated carbocycles. The smallest absolute Gasteiger partial charge is 0.340 e. The summed E-state index contributed by atoms with van der Waals surface area (Å²) in [5, 5.41) is 20.5. The maximum atomic E-state index is 12.2. The van der Waals surface area contributed by atoms with Gasteiger partial charge >= 0.3 is 5.97 Å². The maximum Gasteiger partial charge on any atom is 0.340 e. The first-order valence-electron chi connectivity index (χ1n) is 6.98.